The molecule has 3 rings (SSSR count). The number of aryl methyl sites for hydroxylation is 1. The summed E-state index contributed by atoms with van der Waals surface area (Å²) in [5, 5.41) is 16.1. The summed E-state index contributed by atoms with van der Waals surface area (Å²) in [4.78, 5) is 19.9. The molecule has 0 bridgehead atoms. The number of carbonyl (C=O) groups excluding carboxylic acids is 1. The number of rotatable bonds is 11. The number of unbranched alkanes of at least 4 members (excludes halogenated alkanes) is 3. The second-order valence-electron chi connectivity index (χ2n) is 7.85. The third-order valence-corrected chi connectivity index (χ3v) is 5.24. The Labute approximate surface area is 197 Å². The van der Waals surface area contributed by atoms with E-state index in [1.807, 2.05) is 6.07 Å². The number of amides is 2. The number of methoxy groups -OCH3 is 1. The van der Waals surface area contributed by atoms with Gasteiger partial charge in [0.15, 0.2) is 11.5 Å². The number of fused-ring (bicyclic) bond motifs is 1. The lowest BCUT2D eigenvalue weighted by Crippen LogP contribution is -2.35. The normalized spacial score (nSPS) is 10.7. The van der Waals surface area contributed by atoms with E-state index in [-0.39, 0.29) is 5.82 Å². The van der Waals surface area contributed by atoms with Gasteiger partial charge in [-0.25, -0.2) is 24.2 Å². The third kappa shape index (κ3) is 6.67. The van der Waals surface area contributed by atoms with Gasteiger partial charge in [-0.2, -0.15) is 0 Å². The molecule has 0 atom stereocenters. The van der Waals surface area contributed by atoms with Gasteiger partial charge in [0.1, 0.15) is 18.0 Å². The lowest BCUT2D eigenvalue weighted by Gasteiger charge is -2.14. The van der Waals surface area contributed by atoms with E-state index in [2.05, 4.69) is 20.6 Å². The second kappa shape index (κ2) is 12.0. The van der Waals surface area contributed by atoms with E-state index in [0.717, 1.165) is 36.8 Å². The Hall–Kier alpha value is -3.66. The predicted octanol–water partition coefficient (Wildman–Crippen LogP) is 4.80. The Morgan fingerprint density at radius 3 is 2.65 bits per heavy atom. The summed E-state index contributed by atoms with van der Waals surface area (Å²) >= 11 is 0. The fourth-order valence-corrected chi connectivity index (χ4v) is 3.37. The maximum Gasteiger partial charge on any atom is 0.340 e. The molecule has 0 fully saturated rings. The first-order valence-electron chi connectivity index (χ1n) is 11.1. The Balaban J connectivity index is 1.60. The van der Waals surface area contributed by atoms with E-state index in [4.69, 9.17) is 14.7 Å². The quantitative estimate of drug-likeness (QED) is 0.209. The lowest BCUT2D eigenvalue weighted by atomic mass is 10.1. The number of nitrogens with one attached hydrogen (secondary N) is 2. The number of nitrogens with zero attached hydrogens (tertiary/aromatic N) is 3. The number of urea groups is 1. The standard InChI is InChI=1S/C24H30FN5O4/c1-16-12-17(8-9-19(16)25)29-23-18-13-22(21(33-3)14-20(18)27-15-28-23)34-11-7-5-4-6-10-26-24(31)30(2)32/h8-9,12-15,32H,4-7,10-11H2,1-3H3,(H,26,31)(H,27,28,29). The monoisotopic (exact) mass is 471 g/mol. The highest BCUT2D eigenvalue weighted by Gasteiger charge is 2.12. The molecule has 3 aromatic rings. The average molecular weight is 472 g/mol. The van der Waals surface area contributed by atoms with Gasteiger partial charge in [0, 0.05) is 30.7 Å². The van der Waals surface area contributed by atoms with Gasteiger partial charge in [0.25, 0.3) is 0 Å². The molecule has 9 nitrogen and oxygen atoms in total. The molecule has 0 spiro atoms. The van der Waals surface area contributed by atoms with Gasteiger partial charge >= 0.3 is 6.03 Å². The zero-order chi connectivity index (χ0) is 24.5. The molecule has 0 aliphatic rings. The van der Waals surface area contributed by atoms with Crippen LogP contribution in [0.2, 0.25) is 0 Å². The van der Waals surface area contributed by atoms with Gasteiger partial charge < -0.3 is 20.1 Å². The molecule has 0 radical (unpaired) electrons. The second-order valence-corrected chi connectivity index (χ2v) is 7.85. The molecule has 0 aliphatic heterocycles. The van der Waals surface area contributed by atoms with Crippen LogP contribution in [0.1, 0.15) is 31.2 Å². The van der Waals surface area contributed by atoms with Crippen LogP contribution in [-0.4, -0.2) is 53.6 Å². The Morgan fingerprint density at radius 1 is 1.12 bits per heavy atom. The van der Waals surface area contributed by atoms with Crippen LogP contribution in [-0.2, 0) is 0 Å². The van der Waals surface area contributed by atoms with E-state index in [1.165, 1.54) is 19.4 Å². The minimum Gasteiger partial charge on any atom is -0.493 e. The van der Waals surface area contributed by atoms with Crippen molar-refractivity contribution in [2.24, 2.45) is 0 Å². The van der Waals surface area contributed by atoms with E-state index in [9.17, 15) is 9.18 Å². The van der Waals surface area contributed by atoms with Crippen molar-refractivity contribution >= 4 is 28.4 Å². The van der Waals surface area contributed by atoms with E-state index < -0.39 is 6.03 Å². The number of aromatic nitrogens is 2. The number of hydrogen-bond donors (Lipinski definition) is 3. The number of ether oxygens (including phenoxy) is 2. The number of halogens is 1. The number of hydroxylamine groups is 2. The molecule has 10 heteroatoms. The van der Waals surface area contributed by atoms with Crippen molar-refractivity contribution in [2.75, 3.05) is 32.6 Å². The minimum atomic E-state index is -0.515. The smallest absolute Gasteiger partial charge is 0.340 e. The molecule has 1 heterocycles. The minimum absolute atomic E-state index is 0.263. The van der Waals surface area contributed by atoms with Gasteiger partial charge in [-0.15, -0.1) is 0 Å². The summed E-state index contributed by atoms with van der Waals surface area (Å²) in [5.74, 6) is 1.48. The number of carbonyl (C=O) groups is 1. The van der Waals surface area contributed by atoms with Gasteiger partial charge in [0.2, 0.25) is 0 Å². The van der Waals surface area contributed by atoms with Crippen LogP contribution in [0.5, 0.6) is 11.5 Å². The van der Waals surface area contributed by atoms with Crippen LogP contribution >= 0.6 is 0 Å². The molecule has 2 aromatic carbocycles. The molecular formula is C24H30FN5O4. The van der Waals surface area contributed by atoms with Gasteiger partial charge in [0.05, 0.1) is 19.2 Å². The Morgan fingerprint density at radius 2 is 1.91 bits per heavy atom. The fourth-order valence-electron chi connectivity index (χ4n) is 3.37. The summed E-state index contributed by atoms with van der Waals surface area (Å²) in [6.07, 6.45) is 4.96. The highest BCUT2D eigenvalue weighted by atomic mass is 19.1. The van der Waals surface area contributed by atoms with Crippen molar-refractivity contribution in [2.45, 2.75) is 32.6 Å². The molecule has 3 N–H and O–H groups in total. The Bertz CT molecular complexity index is 1130. The molecule has 0 saturated heterocycles. The van der Waals surface area contributed by atoms with Crippen molar-refractivity contribution in [1.29, 1.82) is 0 Å². The van der Waals surface area contributed by atoms with Crippen LogP contribution < -0.4 is 20.1 Å². The van der Waals surface area contributed by atoms with Gasteiger partial charge in [-0.3, -0.25) is 5.21 Å². The zero-order valence-electron chi connectivity index (χ0n) is 19.6. The highest BCUT2D eigenvalue weighted by Crippen LogP contribution is 2.35. The summed E-state index contributed by atoms with van der Waals surface area (Å²) < 4.78 is 25.1. The van der Waals surface area contributed by atoms with Crippen LogP contribution in [0, 0.1) is 12.7 Å². The molecule has 0 saturated carbocycles. The van der Waals surface area contributed by atoms with E-state index >= 15 is 0 Å². The van der Waals surface area contributed by atoms with Crippen molar-refractivity contribution in [3.63, 3.8) is 0 Å². The van der Waals surface area contributed by atoms with Crippen LogP contribution in [0.15, 0.2) is 36.7 Å². The first-order chi connectivity index (χ1) is 16.4. The molecule has 182 valence electrons. The van der Waals surface area contributed by atoms with Gasteiger partial charge in [-0.1, -0.05) is 12.8 Å². The largest absolute Gasteiger partial charge is 0.493 e. The summed E-state index contributed by atoms with van der Waals surface area (Å²) in [5.41, 5.74) is 1.95. The SMILES string of the molecule is COc1cc2ncnc(Nc3ccc(F)c(C)c3)c2cc1OCCCCCCNC(=O)N(C)O. The van der Waals surface area contributed by atoms with E-state index in [0.29, 0.717) is 46.6 Å². The van der Waals surface area contributed by atoms with Crippen LogP contribution in [0.4, 0.5) is 20.7 Å². The molecule has 0 unspecified atom stereocenters. The number of anilines is 2. The summed E-state index contributed by atoms with van der Waals surface area (Å²) in [6, 6.07) is 7.92. The van der Waals surface area contributed by atoms with Gasteiger partial charge in [-0.05, 0) is 49.6 Å². The summed E-state index contributed by atoms with van der Waals surface area (Å²) in [6.45, 7) is 2.72. The lowest BCUT2D eigenvalue weighted by molar-refractivity contribution is -0.0182. The predicted molar refractivity (Wildman–Crippen MR) is 127 cm³/mol. The molecule has 1 aromatic heterocycles. The molecular weight excluding hydrogens is 441 g/mol. The Kier molecular flexibility index (Phi) is 8.80. The van der Waals surface area contributed by atoms with Crippen molar-refractivity contribution in [1.82, 2.24) is 20.3 Å². The first-order valence-corrected chi connectivity index (χ1v) is 11.1. The molecule has 34 heavy (non-hydrogen) atoms. The van der Waals surface area contributed by atoms with E-state index in [1.54, 1.807) is 32.2 Å². The van der Waals surface area contributed by atoms with Crippen molar-refractivity contribution in [3.05, 3.63) is 48.0 Å². The fraction of sp³-hybridized carbons (Fsp3) is 0.375. The maximum atomic E-state index is 13.6. The van der Waals surface area contributed by atoms with Crippen LogP contribution in [0.25, 0.3) is 10.9 Å². The topological polar surface area (TPSA) is 109 Å². The maximum absolute atomic E-state index is 13.6. The highest BCUT2D eigenvalue weighted by molar-refractivity contribution is 5.93. The third-order valence-electron chi connectivity index (χ3n) is 5.24. The van der Waals surface area contributed by atoms with Crippen LogP contribution in [0.3, 0.4) is 0 Å². The molecule has 0 aliphatic carbocycles. The number of benzene rings is 2. The number of hydrogen-bond acceptors (Lipinski definition) is 7. The molecule has 2 amide bonds. The van der Waals surface area contributed by atoms with Crippen molar-refractivity contribution in [3.8, 4) is 11.5 Å². The summed E-state index contributed by atoms with van der Waals surface area (Å²) in [7, 11) is 2.86. The average Bonchev–Trinajstić information content (AvgIpc) is 2.82. The first kappa shape index (κ1) is 25.0. The van der Waals surface area contributed by atoms with Crippen molar-refractivity contribution < 1.29 is 23.9 Å². The zero-order valence-corrected chi connectivity index (χ0v) is 19.6.